The molecular formula is C14H19NO. The maximum atomic E-state index is 5.80. The van der Waals surface area contributed by atoms with Crippen LogP contribution in [0.3, 0.4) is 0 Å². The zero-order valence-electron chi connectivity index (χ0n) is 9.67. The number of furan rings is 1. The second-order valence-electron chi connectivity index (χ2n) is 5.78. The molecule has 0 saturated heterocycles. The maximum absolute atomic E-state index is 5.80. The highest BCUT2D eigenvalue weighted by Gasteiger charge is 2.58. The van der Waals surface area contributed by atoms with Crippen LogP contribution in [0.25, 0.3) is 0 Å². The van der Waals surface area contributed by atoms with E-state index in [4.69, 9.17) is 4.42 Å². The van der Waals surface area contributed by atoms with Crippen molar-refractivity contribution in [2.75, 3.05) is 6.54 Å². The Kier molecular flexibility index (Phi) is 1.82. The van der Waals surface area contributed by atoms with Gasteiger partial charge in [-0.3, -0.25) is 0 Å². The van der Waals surface area contributed by atoms with Crippen LogP contribution in [-0.2, 0) is 12.0 Å². The summed E-state index contributed by atoms with van der Waals surface area (Å²) in [7, 11) is 0. The SMILES string of the molecule is c1cc2c(o1)C1(C[C@@H]3CCCC[C@@H]31)NCC2. The fourth-order valence-corrected chi connectivity index (χ4v) is 4.39. The first kappa shape index (κ1) is 9.29. The van der Waals surface area contributed by atoms with Gasteiger partial charge >= 0.3 is 0 Å². The van der Waals surface area contributed by atoms with Gasteiger partial charge in [0.25, 0.3) is 0 Å². The molecule has 1 N–H and O–H groups in total. The molecule has 1 aromatic heterocycles. The Hall–Kier alpha value is -0.760. The minimum atomic E-state index is 0.238. The van der Waals surface area contributed by atoms with Crippen molar-refractivity contribution in [1.29, 1.82) is 0 Å². The monoisotopic (exact) mass is 217 g/mol. The summed E-state index contributed by atoms with van der Waals surface area (Å²) in [5.41, 5.74) is 1.70. The van der Waals surface area contributed by atoms with Crippen LogP contribution in [0.15, 0.2) is 16.7 Å². The zero-order chi connectivity index (χ0) is 10.6. The van der Waals surface area contributed by atoms with E-state index in [9.17, 15) is 0 Å². The molecule has 16 heavy (non-hydrogen) atoms. The third kappa shape index (κ3) is 1.01. The summed E-state index contributed by atoms with van der Waals surface area (Å²) in [6, 6.07) is 2.17. The number of hydrogen-bond acceptors (Lipinski definition) is 2. The van der Waals surface area contributed by atoms with Crippen LogP contribution in [0.5, 0.6) is 0 Å². The van der Waals surface area contributed by atoms with Gasteiger partial charge < -0.3 is 9.73 Å². The first-order chi connectivity index (χ1) is 7.90. The van der Waals surface area contributed by atoms with Crippen molar-refractivity contribution in [3.8, 4) is 0 Å². The van der Waals surface area contributed by atoms with Crippen molar-refractivity contribution < 1.29 is 4.42 Å². The van der Waals surface area contributed by atoms with Crippen LogP contribution in [0.1, 0.15) is 43.4 Å². The topological polar surface area (TPSA) is 25.2 Å². The average molecular weight is 217 g/mol. The average Bonchev–Trinajstić information content (AvgIpc) is 2.76. The number of fused-ring (bicyclic) bond motifs is 4. The minimum absolute atomic E-state index is 0.238. The first-order valence-corrected chi connectivity index (χ1v) is 6.72. The van der Waals surface area contributed by atoms with E-state index in [0.29, 0.717) is 0 Å². The van der Waals surface area contributed by atoms with Crippen molar-refractivity contribution in [2.24, 2.45) is 11.8 Å². The minimum Gasteiger partial charge on any atom is -0.467 e. The molecular weight excluding hydrogens is 198 g/mol. The number of nitrogens with one attached hydrogen (secondary N) is 1. The maximum Gasteiger partial charge on any atom is 0.127 e. The second kappa shape index (κ2) is 3.13. The zero-order valence-corrected chi connectivity index (χ0v) is 9.67. The smallest absolute Gasteiger partial charge is 0.127 e. The molecule has 3 atom stereocenters. The molecule has 1 spiro atoms. The summed E-state index contributed by atoms with van der Waals surface area (Å²) in [4.78, 5) is 0. The quantitative estimate of drug-likeness (QED) is 0.723. The van der Waals surface area contributed by atoms with Gasteiger partial charge in [-0.05, 0) is 42.7 Å². The van der Waals surface area contributed by atoms with Gasteiger partial charge in [0.1, 0.15) is 5.76 Å². The van der Waals surface area contributed by atoms with Gasteiger partial charge in [-0.25, -0.2) is 0 Å². The van der Waals surface area contributed by atoms with Gasteiger partial charge in [-0.2, -0.15) is 0 Å². The molecule has 2 saturated carbocycles. The van der Waals surface area contributed by atoms with Gasteiger partial charge in [0.15, 0.2) is 0 Å². The third-order valence-corrected chi connectivity index (χ3v) is 5.11. The molecule has 0 radical (unpaired) electrons. The normalized spacial score (nSPS) is 41.2. The fraction of sp³-hybridized carbons (Fsp3) is 0.714. The van der Waals surface area contributed by atoms with E-state index in [-0.39, 0.29) is 5.54 Å². The van der Waals surface area contributed by atoms with Crippen molar-refractivity contribution in [1.82, 2.24) is 5.32 Å². The Labute approximate surface area is 96.4 Å². The Morgan fingerprint density at radius 1 is 1.31 bits per heavy atom. The molecule has 0 aromatic carbocycles. The largest absolute Gasteiger partial charge is 0.467 e. The predicted octanol–water partition coefficient (Wildman–Crippen LogP) is 2.83. The Bertz CT molecular complexity index is 411. The molecule has 86 valence electrons. The van der Waals surface area contributed by atoms with Gasteiger partial charge in [0, 0.05) is 6.54 Å². The molecule has 2 heterocycles. The van der Waals surface area contributed by atoms with E-state index >= 15 is 0 Å². The molecule has 2 aliphatic carbocycles. The van der Waals surface area contributed by atoms with Crippen molar-refractivity contribution in [2.45, 2.75) is 44.1 Å². The summed E-state index contributed by atoms with van der Waals surface area (Å²) in [6.07, 6.45) is 10.1. The Morgan fingerprint density at radius 3 is 3.19 bits per heavy atom. The van der Waals surface area contributed by atoms with Gasteiger partial charge in [-0.1, -0.05) is 19.3 Å². The molecule has 1 unspecified atom stereocenters. The highest BCUT2D eigenvalue weighted by Crippen LogP contribution is 2.58. The van der Waals surface area contributed by atoms with E-state index in [1.165, 1.54) is 43.4 Å². The van der Waals surface area contributed by atoms with Crippen molar-refractivity contribution in [3.05, 3.63) is 23.7 Å². The van der Waals surface area contributed by atoms with E-state index in [1.54, 1.807) is 0 Å². The van der Waals surface area contributed by atoms with E-state index < -0.39 is 0 Å². The highest BCUT2D eigenvalue weighted by molar-refractivity contribution is 5.32. The first-order valence-electron chi connectivity index (χ1n) is 6.72. The van der Waals surface area contributed by atoms with E-state index in [2.05, 4.69) is 11.4 Å². The molecule has 4 rings (SSSR count). The molecule has 3 aliphatic rings. The third-order valence-electron chi connectivity index (χ3n) is 5.11. The number of rotatable bonds is 0. The van der Waals surface area contributed by atoms with Crippen molar-refractivity contribution >= 4 is 0 Å². The molecule has 2 fully saturated rings. The van der Waals surface area contributed by atoms with Crippen LogP contribution in [0, 0.1) is 11.8 Å². The standard InChI is InChI=1S/C14H19NO/c1-2-4-12-11(3-1)9-14(12)13-10(5-7-15-14)6-8-16-13/h6,8,11-12,15H,1-5,7,9H2/t11-,12-,14?/m0/s1. The second-order valence-corrected chi connectivity index (χ2v) is 5.78. The molecule has 2 nitrogen and oxygen atoms in total. The molecule has 0 amide bonds. The summed E-state index contributed by atoms with van der Waals surface area (Å²) < 4.78 is 5.80. The molecule has 2 heteroatoms. The summed E-state index contributed by atoms with van der Waals surface area (Å²) in [5, 5.41) is 3.78. The van der Waals surface area contributed by atoms with Crippen LogP contribution in [0.2, 0.25) is 0 Å². The lowest BCUT2D eigenvalue weighted by Gasteiger charge is -2.58. The highest BCUT2D eigenvalue weighted by atomic mass is 16.3. The predicted molar refractivity (Wildman–Crippen MR) is 62.2 cm³/mol. The van der Waals surface area contributed by atoms with Gasteiger partial charge in [0.05, 0.1) is 11.8 Å². The van der Waals surface area contributed by atoms with E-state index in [0.717, 1.165) is 24.8 Å². The lowest BCUT2D eigenvalue weighted by Crippen LogP contribution is -2.63. The number of hydrogen-bond donors (Lipinski definition) is 1. The lowest BCUT2D eigenvalue weighted by atomic mass is 9.52. The molecule has 0 bridgehead atoms. The molecule has 1 aliphatic heterocycles. The van der Waals surface area contributed by atoms with Crippen LogP contribution < -0.4 is 5.32 Å². The lowest BCUT2D eigenvalue weighted by molar-refractivity contribution is -0.0486. The van der Waals surface area contributed by atoms with Crippen molar-refractivity contribution in [3.63, 3.8) is 0 Å². The van der Waals surface area contributed by atoms with Gasteiger partial charge in [0.2, 0.25) is 0 Å². The van der Waals surface area contributed by atoms with Gasteiger partial charge in [-0.15, -0.1) is 0 Å². The van der Waals surface area contributed by atoms with E-state index in [1.807, 2.05) is 6.26 Å². The van der Waals surface area contributed by atoms with Crippen LogP contribution >= 0.6 is 0 Å². The summed E-state index contributed by atoms with van der Waals surface area (Å²) in [5.74, 6) is 3.10. The Balaban J connectivity index is 1.74. The fourth-order valence-electron chi connectivity index (χ4n) is 4.39. The Morgan fingerprint density at radius 2 is 2.25 bits per heavy atom. The summed E-state index contributed by atoms with van der Waals surface area (Å²) in [6.45, 7) is 1.13. The van der Waals surface area contributed by atoms with Crippen LogP contribution in [-0.4, -0.2) is 6.54 Å². The van der Waals surface area contributed by atoms with Crippen LogP contribution in [0.4, 0.5) is 0 Å². The summed E-state index contributed by atoms with van der Waals surface area (Å²) >= 11 is 0. The molecule has 1 aromatic rings.